The molecule has 0 saturated carbocycles. The Hall–Kier alpha value is -3.08. The molecule has 24 heavy (non-hydrogen) atoms. The van der Waals surface area contributed by atoms with E-state index >= 15 is 0 Å². The van der Waals surface area contributed by atoms with Crippen LogP contribution in [-0.4, -0.2) is 12.5 Å². The summed E-state index contributed by atoms with van der Waals surface area (Å²) in [6.07, 6.45) is 3.30. The maximum Gasteiger partial charge on any atom is 0.258 e. The van der Waals surface area contributed by atoms with Gasteiger partial charge in [0.05, 0.1) is 12.5 Å². The average molecular weight is 325 g/mol. The lowest BCUT2D eigenvalue weighted by Crippen LogP contribution is -2.28. The van der Waals surface area contributed by atoms with Gasteiger partial charge in [-0.1, -0.05) is 36.4 Å². The van der Waals surface area contributed by atoms with E-state index in [4.69, 9.17) is 9.15 Å². The third-order valence-electron chi connectivity index (χ3n) is 3.49. The van der Waals surface area contributed by atoms with Gasteiger partial charge in [0.15, 0.2) is 18.2 Å². The number of para-hydroxylation sites is 1. The van der Waals surface area contributed by atoms with Crippen LogP contribution in [0.3, 0.4) is 0 Å². The van der Waals surface area contributed by atoms with Crippen LogP contribution in [0.15, 0.2) is 71.5 Å². The molecule has 0 atom stereocenters. The number of ether oxygens (including phenoxy) is 1. The molecular weight excluding hydrogens is 309 g/mol. The van der Waals surface area contributed by atoms with Gasteiger partial charge in [0.1, 0.15) is 0 Å². The number of benzene rings is 2. The van der Waals surface area contributed by atoms with Gasteiger partial charge in [-0.15, -0.1) is 0 Å². The summed E-state index contributed by atoms with van der Waals surface area (Å²) in [6.45, 7) is 0.152. The largest absolute Gasteiger partial charge is 0.481 e. The summed E-state index contributed by atoms with van der Waals surface area (Å²) in [4.78, 5) is 11.8. The number of rotatable bonds is 6. The number of hydrogen-bond donors (Lipinski definition) is 1. The van der Waals surface area contributed by atoms with Crippen molar-refractivity contribution in [3.8, 4) is 16.9 Å². The molecule has 1 aromatic heterocycles. The second kappa shape index (κ2) is 7.46. The number of nitrogens with one attached hydrogen (secondary N) is 1. The van der Waals surface area contributed by atoms with Crippen LogP contribution in [0.4, 0.5) is 4.39 Å². The maximum atomic E-state index is 13.4. The Balaban J connectivity index is 1.48. The predicted octanol–water partition coefficient (Wildman–Crippen LogP) is 3.78. The van der Waals surface area contributed by atoms with Crippen molar-refractivity contribution >= 4 is 5.91 Å². The van der Waals surface area contributed by atoms with Crippen LogP contribution in [0.1, 0.15) is 5.56 Å². The lowest BCUT2D eigenvalue weighted by Gasteiger charge is -2.08. The van der Waals surface area contributed by atoms with Crippen molar-refractivity contribution in [2.24, 2.45) is 0 Å². The molecular formula is C19H16FNO3. The summed E-state index contributed by atoms with van der Waals surface area (Å²) in [5.74, 6) is -0.727. The average Bonchev–Trinajstić information content (AvgIpc) is 3.14. The number of furan rings is 1. The Morgan fingerprint density at radius 3 is 2.54 bits per heavy atom. The third-order valence-corrected chi connectivity index (χ3v) is 3.49. The van der Waals surface area contributed by atoms with E-state index in [0.717, 1.165) is 16.7 Å². The predicted molar refractivity (Wildman–Crippen MR) is 87.9 cm³/mol. The lowest BCUT2D eigenvalue weighted by atomic mass is 10.1. The topological polar surface area (TPSA) is 51.5 Å². The molecule has 0 spiro atoms. The monoisotopic (exact) mass is 325 g/mol. The number of hydrogen-bond acceptors (Lipinski definition) is 3. The fourth-order valence-corrected chi connectivity index (χ4v) is 2.20. The minimum atomic E-state index is -0.486. The van der Waals surface area contributed by atoms with Crippen molar-refractivity contribution in [1.29, 1.82) is 0 Å². The first-order valence-corrected chi connectivity index (χ1v) is 7.48. The first-order valence-electron chi connectivity index (χ1n) is 7.48. The Labute approximate surface area is 138 Å². The van der Waals surface area contributed by atoms with E-state index in [1.165, 1.54) is 12.1 Å². The molecule has 1 N–H and O–H groups in total. The van der Waals surface area contributed by atoms with E-state index in [-0.39, 0.29) is 18.3 Å². The second-order valence-corrected chi connectivity index (χ2v) is 5.20. The van der Waals surface area contributed by atoms with Crippen LogP contribution >= 0.6 is 0 Å². The second-order valence-electron chi connectivity index (χ2n) is 5.20. The zero-order valence-electron chi connectivity index (χ0n) is 12.9. The molecule has 3 rings (SSSR count). The highest BCUT2D eigenvalue weighted by Crippen LogP contribution is 2.20. The smallest absolute Gasteiger partial charge is 0.258 e. The van der Waals surface area contributed by atoms with Crippen molar-refractivity contribution in [2.45, 2.75) is 6.54 Å². The maximum absolute atomic E-state index is 13.4. The summed E-state index contributed by atoms with van der Waals surface area (Å²) < 4.78 is 23.6. The Kier molecular flexibility index (Phi) is 4.91. The van der Waals surface area contributed by atoms with Gasteiger partial charge in [-0.05, 0) is 29.3 Å². The molecule has 1 heterocycles. The zero-order valence-corrected chi connectivity index (χ0v) is 12.9. The molecule has 5 heteroatoms. The molecule has 4 nitrogen and oxygen atoms in total. The molecule has 0 fully saturated rings. The summed E-state index contributed by atoms with van der Waals surface area (Å²) in [6, 6.07) is 15.7. The van der Waals surface area contributed by atoms with Crippen LogP contribution < -0.4 is 10.1 Å². The van der Waals surface area contributed by atoms with E-state index in [1.807, 2.05) is 30.3 Å². The van der Waals surface area contributed by atoms with E-state index in [9.17, 15) is 9.18 Å². The van der Waals surface area contributed by atoms with Gasteiger partial charge in [-0.2, -0.15) is 0 Å². The standard InChI is InChI=1S/C19H16FNO3/c20-17-3-1-2-4-18(17)24-13-19(22)21-11-14-5-7-15(8-6-14)16-9-10-23-12-16/h1-10,12H,11,13H2,(H,21,22). The first kappa shape index (κ1) is 15.8. The number of halogens is 1. The molecule has 3 aromatic rings. The fraction of sp³-hybridized carbons (Fsp3) is 0.105. The first-order chi connectivity index (χ1) is 11.7. The highest BCUT2D eigenvalue weighted by atomic mass is 19.1. The van der Waals surface area contributed by atoms with Gasteiger partial charge in [0, 0.05) is 12.1 Å². The number of carbonyl (C=O) groups excluding carboxylic acids is 1. The highest BCUT2D eigenvalue weighted by molar-refractivity contribution is 5.77. The van der Waals surface area contributed by atoms with Gasteiger partial charge in [-0.3, -0.25) is 4.79 Å². The molecule has 1 amide bonds. The van der Waals surface area contributed by atoms with E-state index in [2.05, 4.69) is 5.32 Å². The molecule has 0 aliphatic rings. The summed E-state index contributed by atoms with van der Waals surface area (Å²) in [5, 5.41) is 2.74. The molecule has 0 radical (unpaired) electrons. The summed E-state index contributed by atoms with van der Waals surface area (Å²) in [5.41, 5.74) is 3.01. The molecule has 2 aromatic carbocycles. The van der Waals surface area contributed by atoms with Crippen LogP contribution in [-0.2, 0) is 11.3 Å². The highest BCUT2D eigenvalue weighted by Gasteiger charge is 2.06. The SMILES string of the molecule is O=C(COc1ccccc1F)NCc1ccc(-c2ccoc2)cc1. The number of carbonyl (C=O) groups is 1. The molecule has 0 saturated heterocycles. The van der Waals surface area contributed by atoms with E-state index in [0.29, 0.717) is 6.54 Å². The van der Waals surface area contributed by atoms with Crippen LogP contribution in [0.2, 0.25) is 0 Å². The molecule has 122 valence electrons. The van der Waals surface area contributed by atoms with Gasteiger partial charge in [0.2, 0.25) is 0 Å². The normalized spacial score (nSPS) is 10.4. The lowest BCUT2D eigenvalue weighted by molar-refractivity contribution is -0.123. The minimum absolute atomic E-state index is 0.0668. The molecule has 0 unspecified atom stereocenters. The van der Waals surface area contributed by atoms with Crippen molar-refractivity contribution in [3.63, 3.8) is 0 Å². The zero-order chi connectivity index (χ0) is 16.8. The van der Waals surface area contributed by atoms with Crippen LogP contribution in [0.5, 0.6) is 5.75 Å². The summed E-state index contributed by atoms with van der Waals surface area (Å²) in [7, 11) is 0. The Morgan fingerprint density at radius 1 is 1.04 bits per heavy atom. The fourth-order valence-electron chi connectivity index (χ4n) is 2.20. The summed E-state index contributed by atoms with van der Waals surface area (Å²) >= 11 is 0. The molecule has 0 aliphatic heterocycles. The van der Waals surface area contributed by atoms with Gasteiger partial charge in [0.25, 0.3) is 5.91 Å². The number of amides is 1. The van der Waals surface area contributed by atoms with E-state index < -0.39 is 5.82 Å². The van der Waals surface area contributed by atoms with Gasteiger partial charge >= 0.3 is 0 Å². The molecule has 0 bridgehead atoms. The Morgan fingerprint density at radius 2 is 1.83 bits per heavy atom. The van der Waals surface area contributed by atoms with E-state index in [1.54, 1.807) is 24.7 Å². The molecule has 0 aliphatic carbocycles. The van der Waals surface area contributed by atoms with Gasteiger partial charge < -0.3 is 14.5 Å². The van der Waals surface area contributed by atoms with Crippen molar-refractivity contribution in [1.82, 2.24) is 5.32 Å². The third kappa shape index (κ3) is 4.01. The Bertz CT molecular complexity index is 798. The van der Waals surface area contributed by atoms with Crippen molar-refractivity contribution in [3.05, 3.63) is 78.5 Å². The van der Waals surface area contributed by atoms with Crippen LogP contribution in [0, 0.1) is 5.82 Å². The quantitative estimate of drug-likeness (QED) is 0.750. The van der Waals surface area contributed by atoms with Crippen molar-refractivity contribution < 1.29 is 18.3 Å². The minimum Gasteiger partial charge on any atom is -0.481 e. The van der Waals surface area contributed by atoms with Crippen molar-refractivity contribution in [2.75, 3.05) is 6.61 Å². The van der Waals surface area contributed by atoms with Gasteiger partial charge in [-0.25, -0.2) is 4.39 Å². The van der Waals surface area contributed by atoms with Crippen LogP contribution in [0.25, 0.3) is 11.1 Å².